The first-order chi connectivity index (χ1) is 22.4. The van der Waals surface area contributed by atoms with Crippen LogP contribution in [-0.2, 0) is 4.79 Å². The Balaban J connectivity index is 1.04. The van der Waals surface area contributed by atoms with E-state index in [1.807, 2.05) is 23.9 Å². The van der Waals surface area contributed by atoms with E-state index >= 15 is 0 Å². The lowest BCUT2D eigenvalue weighted by atomic mass is 9.79. The molecule has 248 valence electrons. The highest BCUT2D eigenvalue weighted by molar-refractivity contribution is 8.03. The van der Waals surface area contributed by atoms with Crippen LogP contribution < -0.4 is 15.6 Å². The highest BCUT2D eigenvalue weighted by atomic mass is 32.2. The van der Waals surface area contributed by atoms with Gasteiger partial charge >= 0.3 is 0 Å². The summed E-state index contributed by atoms with van der Waals surface area (Å²) in [6, 6.07) is 8.77. The molecule has 0 saturated carbocycles. The molecule has 1 amide bonds. The van der Waals surface area contributed by atoms with Crippen LogP contribution in [0.5, 0.6) is 5.75 Å². The van der Waals surface area contributed by atoms with Crippen LogP contribution in [0.4, 0.5) is 0 Å². The number of nitrogens with zero attached hydrogens (tertiary/aromatic N) is 3. The predicted octanol–water partition coefficient (Wildman–Crippen LogP) is 6.37. The number of allylic oxidation sites excluding steroid dienone is 3. The third-order valence-corrected chi connectivity index (χ3v) is 10.7. The number of benzene rings is 1. The van der Waals surface area contributed by atoms with E-state index in [1.54, 1.807) is 12.1 Å². The fourth-order valence-corrected chi connectivity index (χ4v) is 7.82. The summed E-state index contributed by atoms with van der Waals surface area (Å²) in [6.45, 7) is 10.8. The van der Waals surface area contributed by atoms with Gasteiger partial charge in [-0.25, -0.2) is 4.57 Å². The number of hydrogen-bond donors (Lipinski definition) is 1. The van der Waals surface area contributed by atoms with E-state index < -0.39 is 0 Å². The van der Waals surface area contributed by atoms with Crippen LogP contribution in [0, 0.1) is 5.41 Å². The van der Waals surface area contributed by atoms with Gasteiger partial charge in [-0.3, -0.25) is 19.3 Å². The van der Waals surface area contributed by atoms with E-state index in [1.165, 1.54) is 16.3 Å². The van der Waals surface area contributed by atoms with Gasteiger partial charge in [0.25, 0.3) is 5.56 Å². The summed E-state index contributed by atoms with van der Waals surface area (Å²) in [5, 5.41) is 6.47. The second-order valence-electron chi connectivity index (χ2n) is 12.8. The third kappa shape index (κ3) is 8.53. The minimum atomic E-state index is -0.349. The highest BCUT2D eigenvalue weighted by Crippen LogP contribution is 2.49. The van der Waals surface area contributed by atoms with Crippen molar-refractivity contribution in [2.75, 3.05) is 45.9 Å². The molecule has 2 atom stereocenters. The molecule has 1 aromatic heterocycles. The average Bonchev–Trinajstić information content (AvgIpc) is 3.46. The first-order valence-corrected chi connectivity index (χ1v) is 18.1. The quantitative estimate of drug-likeness (QED) is 0.212. The molecular formula is C37H50N4O4S. The normalized spacial score (nSPS) is 21.0. The lowest BCUT2D eigenvalue weighted by Crippen LogP contribution is -2.49. The molecule has 8 nitrogen and oxygen atoms in total. The molecule has 2 aliphatic heterocycles. The molecule has 1 saturated heterocycles. The molecule has 3 aliphatic rings. The minimum Gasteiger partial charge on any atom is -0.494 e. The molecule has 2 aromatic rings. The molecule has 2 unspecified atom stereocenters. The number of hydrogen-bond acceptors (Lipinski definition) is 7. The van der Waals surface area contributed by atoms with Gasteiger partial charge in [-0.1, -0.05) is 44.4 Å². The smallest absolute Gasteiger partial charge is 0.257 e. The molecule has 1 fully saturated rings. The summed E-state index contributed by atoms with van der Waals surface area (Å²) in [6.07, 6.45) is 16.6. The van der Waals surface area contributed by atoms with E-state index in [0.717, 1.165) is 76.6 Å². The maximum Gasteiger partial charge on any atom is 0.257 e. The third-order valence-electron chi connectivity index (χ3n) is 9.44. The minimum absolute atomic E-state index is 0.0223. The maximum absolute atomic E-state index is 13.1. The van der Waals surface area contributed by atoms with Crippen LogP contribution in [-0.4, -0.2) is 77.3 Å². The fraction of sp³-hybridized carbons (Fsp3) is 0.541. The van der Waals surface area contributed by atoms with Gasteiger partial charge < -0.3 is 15.0 Å². The van der Waals surface area contributed by atoms with Gasteiger partial charge in [0, 0.05) is 74.1 Å². The number of piperazine rings is 1. The summed E-state index contributed by atoms with van der Waals surface area (Å²) >= 11 is 1.92. The van der Waals surface area contributed by atoms with Crippen molar-refractivity contribution in [3.63, 3.8) is 0 Å². The SMILES string of the molecule is CCCCCCC(=O)NCCCC(=O)n1c(=O)ccc2ccc(OCCCCN3CCN(C4=CC=CC5SC=CC45C)CC3)cc21. The topological polar surface area (TPSA) is 83.9 Å². The van der Waals surface area contributed by atoms with Crippen LogP contribution in [0.15, 0.2) is 70.5 Å². The maximum atomic E-state index is 13.1. The fourth-order valence-electron chi connectivity index (χ4n) is 6.63. The van der Waals surface area contributed by atoms with Gasteiger partial charge in [0.2, 0.25) is 11.8 Å². The summed E-state index contributed by atoms with van der Waals surface area (Å²) in [5.74, 6) is 0.409. The first-order valence-electron chi connectivity index (χ1n) is 17.2. The molecule has 46 heavy (non-hydrogen) atoms. The van der Waals surface area contributed by atoms with Gasteiger partial charge in [0.05, 0.1) is 12.1 Å². The van der Waals surface area contributed by atoms with Gasteiger partial charge in [-0.2, -0.15) is 0 Å². The molecule has 5 rings (SSSR count). The van der Waals surface area contributed by atoms with Crippen molar-refractivity contribution in [3.05, 3.63) is 76.1 Å². The largest absolute Gasteiger partial charge is 0.494 e. The van der Waals surface area contributed by atoms with E-state index in [0.29, 0.717) is 42.5 Å². The molecule has 1 N–H and O–H groups in total. The lowest BCUT2D eigenvalue weighted by molar-refractivity contribution is -0.121. The molecule has 0 bridgehead atoms. The number of ether oxygens (including phenoxy) is 1. The number of amides is 1. The first kappa shape index (κ1) is 34.0. The number of carbonyl (C=O) groups is 2. The number of carbonyl (C=O) groups excluding carboxylic acids is 2. The number of nitrogens with one attached hydrogen (secondary N) is 1. The Hall–Kier alpha value is -3.30. The Labute approximate surface area is 277 Å². The summed E-state index contributed by atoms with van der Waals surface area (Å²) < 4.78 is 7.32. The molecule has 3 heterocycles. The lowest BCUT2D eigenvalue weighted by Gasteiger charge is -2.44. The Morgan fingerprint density at radius 3 is 2.65 bits per heavy atom. The Morgan fingerprint density at radius 1 is 1.00 bits per heavy atom. The van der Waals surface area contributed by atoms with Crippen molar-refractivity contribution in [2.45, 2.75) is 76.9 Å². The van der Waals surface area contributed by atoms with Gasteiger partial charge in [0.15, 0.2) is 0 Å². The number of fused-ring (bicyclic) bond motifs is 2. The second-order valence-corrected chi connectivity index (χ2v) is 13.9. The van der Waals surface area contributed by atoms with Gasteiger partial charge in [-0.05, 0) is 74.2 Å². The van der Waals surface area contributed by atoms with Crippen molar-refractivity contribution >= 4 is 34.5 Å². The average molecular weight is 647 g/mol. The number of unbranched alkanes of at least 4 members (excludes halogenated alkanes) is 4. The van der Waals surface area contributed by atoms with Crippen molar-refractivity contribution in [3.8, 4) is 5.75 Å². The van der Waals surface area contributed by atoms with E-state index in [4.69, 9.17) is 4.74 Å². The standard InChI is InChI=1S/C37H50N4O4S/c1-3-4-5-6-13-34(42)38-20-10-14-35(43)41-31-28-30(17-15-29(31)16-18-36(41)44)45-26-8-7-21-39-22-24-40(25-23-39)32-11-9-12-33-37(32,2)19-27-46-33/h9,11-12,15-19,27-28,33H,3-8,10,13-14,20-26H2,1-2H3,(H,38,42). The molecule has 0 spiro atoms. The Kier molecular flexibility index (Phi) is 12.2. The molecule has 9 heteroatoms. The van der Waals surface area contributed by atoms with Crippen molar-refractivity contribution in [2.24, 2.45) is 5.41 Å². The number of aromatic nitrogens is 1. The summed E-state index contributed by atoms with van der Waals surface area (Å²) in [5.41, 5.74) is 1.77. The molecule has 1 aromatic carbocycles. The van der Waals surface area contributed by atoms with Crippen LogP contribution in [0.3, 0.4) is 0 Å². The van der Waals surface area contributed by atoms with Crippen molar-refractivity contribution < 1.29 is 14.3 Å². The van der Waals surface area contributed by atoms with E-state index in [-0.39, 0.29) is 29.2 Å². The van der Waals surface area contributed by atoms with Crippen molar-refractivity contribution in [1.82, 2.24) is 19.7 Å². The van der Waals surface area contributed by atoms with Gasteiger partial charge in [0.1, 0.15) is 5.75 Å². The van der Waals surface area contributed by atoms with Crippen molar-refractivity contribution in [1.29, 1.82) is 0 Å². The summed E-state index contributed by atoms with van der Waals surface area (Å²) in [4.78, 5) is 43.0. The number of pyridine rings is 1. The van der Waals surface area contributed by atoms with Crippen LogP contribution in [0.2, 0.25) is 0 Å². The van der Waals surface area contributed by atoms with Crippen LogP contribution in [0.25, 0.3) is 10.9 Å². The monoisotopic (exact) mass is 646 g/mol. The highest BCUT2D eigenvalue weighted by Gasteiger charge is 2.41. The van der Waals surface area contributed by atoms with E-state index in [9.17, 15) is 14.4 Å². The van der Waals surface area contributed by atoms with Crippen LogP contribution in [0.1, 0.15) is 76.4 Å². The Morgan fingerprint density at radius 2 is 1.83 bits per heavy atom. The Bertz CT molecular complexity index is 1510. The zero-order chi connectivity index (χ0) is 32.4. The predicted molar refractivity (Wildman–Crippen MR) is 188 cm³/mol. The zero-order valence-electron chi connectivity index (χ0n) is 27.5. The molecular weight excluding hydrogens is 596 g/mol. The number of thioether (sulfide) groups is 1. The van der Waals surface area contributed by atoms with E-state index in [2.05, 4.69) is 58.7 Å². The van der Waals surface area contributed by atoms with Crippen LogP contribution >= 0.6 is 11.8 Å². The molecule has 0 radical (unpaired) electrons. The zero-order valence-corrected chi connectivity index (χ0v) is 28.4. The number of rotatable bonds is 16. The molecule has 1 aliphatic carbocycles. The van der Waals surface area contributed by atoms with Gasteiger partial charge in [-0.15, -0.1) is 11.8 Å². The summed E-state index contributed by atoms with van der Waals surface area (Å²) in [7, 11) is 0. The second kappa shape index (κ2) is 16.5.